The Morgan fingerprint density at radius 1 is 1.12 bits per heavy atom. The summed E-state index contributed by atoms with van der Waals surface area (Å²) >= 11 is 0. The Hall–Kier alpha value is -3.36. The quantitative estimate of drug-likeness (QED) is 0.457. The number of unbranched alkanes of at least 4 members (excludes halogenated alkanes) is 1. The van der Waals surface area contributed by atoms with Crippen molar-refractivity contribution in [1.82, 2.24) is 9.55 Å². The Bertz CT molecular complexity index is 1080. The molecule has 1 aromatic carbocycles. The van der Waals surface area contributed by atoms with Crippen LogP contribution < -0.4 is 21.9 Å². The summed E-state index contributed by atoms with van der Waals surface area (Å²) < 4.78 is 6.69. The number of nitrogens with one attached hydrogen (secondary N) is 1. The molecule has 0 aliphatic carbocycles. The van der Waals surface area contributed by atoms with Gasteiger partial charge in [-0.2, -0.15) is 0 Å². The Labute approximate surface area is 199 Å². The van der Waals surface area contributed by atoms with Crippen LogP contribution in [0.1, 0.15) is 64.9 Å². The van der Waals surface area contributed by atoms with Gasteiger partial charge in [0.25, 0.3) is 11.5 Å². The SMILES string of the molecule is CCCCN(C(=O)COC(=O)C(c1ccccc1)C(C)CC)c1c(N)n(CCC)c(=O)[nH]c1=O. The van der Waals surface area contributed by atoms with Crippen LogP contribution in [0.5, 0.6) is 0 Å². The molecule has 0 fully saturated rings. The van der Waals surface area contributed by atoms with Gasteiger partial charge in [-0.3, -0.25) is 23.9 Å². The second-order valence-electron chi connectivity index (χ2n) is 8.43. The summed E-state index contributed by atoms with van der Waals surface area (Å²) in [6, 6.07) is 9.32. The predicted molar refractivity (Wildman–Crippen MR) is 133 cm³/mol. The molecule has 3 N–H and O–H groups in total. The molecular formula is C25H36N4O5. The van der Waals surface area contributed by atoms with E-state index in [4.69, 9.17) is 10.5 Å². The van der Waals surface area contributed by atoms with Crippen LogP contribution in [0, 0.1) is 5.92 Å². The number of rotatable bonds is 12. The molecule has 2 rings (SSSR count). The highest BCUT2D eigenvalue weighted by Gasteiger charge is 2.30. The summed E-state index contributed by atoms with van der Waals surface area (Å²) in [4.78, 5) is 54.5. The van der Waals surface area contributed by atoms with Crippen LogP contribution in [-0.4, -0.2) is 34.6 Å². The van der Waals surface area contributed by atoms with E-state index >= 15 is 0 Å². The van der Waals surface area contributed by atoms with E-state index in [0.717, 1.165) is 18.4 Å². The fourth-order valence-corrected chi connectivity index (χ4v) is 3.85. The molecule has 2 aromatic rings. The summed E-state index contributed by atoms with van der Waals surface area (Å²) in [5.74, 6) is -1.65. The van der Waals surface area contributed by atoms with E-state index in [2.05, 4.69) is 4.98 Å². The number of carbonyl (C=O) groups is 2. The van der Waals surface area contributed by atoms with E-state index in [1.807, 2.05) is 58.0 Å². The van der Waals surface area contributed by atoms with Gasteiger partial charge >= 0.3 is 11.7 Å². The minimum Gasteiger partial charge on any atom is -0.455 e. The van der Waals surface area contributed by atoms with Crippen LogP contribution in [0.3, 0.4) is 0 Å². The summed E-state index contributed by atoms with van der Waals surface area (Å²) in [6.07, 6.45) is 2.74. The number of nitrogen functional groups attached to an aromatic ring is 1. The number of amides is 1. The maximum absolute atomic E-state index is 13.2. The number of nitrogens with zero attached hydrogens (tertiary/aromatic N) is 2. The highest BCUT2D eigenvalue weighted by molar-refractivity contribution is 5.97. The maximum Gasteiger partial charge on any atom is 0.330 e. The van der Waals surface area contributed by atoms with Gasteiger partial charge in [-0.05, 0) is 24.3 Å². The fourth-order valence-electron chi connectivity index (χ4n) is 3.85. The highest BCUT2D eigenvalue weighted by atomic mass is 16.5. The summed E-state index contributed by atoms with van der Waals surface area (Å²) in [6.45, 7) is 7.75. The second-order valence-corrected chi connectivity index (χ2v) is 8.43. The van der Waals surface area contributed by atoms with Crippen molar-refractivity contribution < 1.29 is 14.3 Å². The number of hydrogen-bond acceptors (Lipinski definition) is 6. The number of esters is 1. The zero-order valence-electron chi connectivity index (χ0n) is 20.5. The molecule has 34 heavy (non-hydrogen) atoms. The van der Waals surface area contributed by atoms with Gasteiger partial charge < -0.3 is 15.4 Å². The standard InChI is InChI=1S/C25H36N4O5/c1-5-8-15-28(21-22(26)29(14-6-2)25(33)27-23(21)31)19(30)16-34-24(32)20(17(4)7-3)18-12-10-9-11-13-18/h9-13,17,20H,5-8,14-16,26H2,1-4H3,(H,27,31,33). The molecule has 1 aromatic heterocycles. The first-order valence-electron chi connectivity index (χ1n) is 11.9. The summed E-state index contributed by atoms with van der Waals surface area (Å²) in [7, 11) is 0. The van der Waals surface area contributed by atoms with E-state index in [-0.39, 0.29) is 24.0 Å². The third-order valence-corrected chi connectivity index (χ3v) is 5.93. The number of ether oxygens (including phenoxy) is 1. The molecule has 0 saturated carbocycles. The Morgan fingerprint density at radius 2 is 1.79 bits per heavy atom. The van der Waals surface area contributed by atoms with E-state index < -0.39 is 35.7 Å². The van der Waals surface area contributed by atoms with Crippen molar-refractivity contribution >= 4 is 23.4 Å². The normalized spacial score (nSPS) is 12.7. The Balaban J connectivity index is 2.32. The van der Waals surface area contributed by atoms with Gasteiger partial charge in [0.1, 0.15) is 5.82 Å². The lowest BCUT2D eigenvalue weighted by Crippen LogP contribution is -2.43. The Kier molecular flexibility index (Phi) is 10.1. The van der Waals surface area contributed by atoms with E-state index in [1.165, 1.54) is 9.47 Å². The van der Waals surface area contributed by atoms with Crippen LogP contribution in [0.15, 0.2) is 39.9 Å². The topological polar surface area (TPSA) is 127 Å². The van der Waals surface area contributed by atoms with E-state index in [1.54, 1.807) is 0 Å². The fraction of sp³-hybridized carbons (Fsp3) is 0.520. The highest BCUT2D eigenvalue weighted by Crippen LogP contribution is 2.28. The van der Waals surface area contributed by atoms with Crippen molar-refractivity contribution in [3.63, 3.8) is 0 Å². The number of nitrogens with two attached hydrogens (primary N) is 1. The Morgan fingerprint density at radius 3 is 2.38 bits per heavy atom. The molecule has 2 atom stereocenters. The minimum absolute atomic E-state index is 0.0114. The number of hydrogen-bond donors (Lipinski definition) is 2. The van der Waals surface area contributed by atoms with Crippen LogP contribution in [-0.2, 0) is 20.9 Å². The third kappa shape index (κ3) is 6.36. The lowest BCUT2D eigenvalue weighted by molar-refractivity contribution is -0.150. The molecule has 0 bridgehead atoms. The number of carbonyl (C=O) groups excluding carboxylic acids is 2. The molecule has 0 saturated heterocycles. The number of anilines is 2. The first kappa shape index (κ1) is 26.9. The van der Waals surface area contributed by atoms with Crippen LogP contribution in [0.4, 0.5) is 11.5 Å². The molecule has 186 valence electrons. The second kappa shape index (κ2) is 12.8. The van der Waals surface area contributed by atoms with Gasteiger partial charge in [0, 0.05) is 13.1 Å². The number of aromatic amines is 1. The maximum atomic E-state index is 13.2. The van der Waals surface area contributed by atoms with Crippen LogP contribution in [0.25, 0.3) is 0 Å². The van der Waals surface area contributed by atoms with E-state index in [9.17, 15) is 19.2 Å². The molecule has 0 spiro atoms. The van der Waals surface area contributed by atoms with Crippen molar-refractivity contribution in [2.75, 3.05) is 23.8 Å². The first-order valence-corrected chi connectivity index (χ1v) is 11.9. The zero-order chi connectivity index (χ0) is 25.3. The smallest absolute Gasteiger partial charge is 0.330 e. The molecule has 9 nitrogen and oxygen atoms in total. The number of aromatic nitrogens is 2. The van der Waals surface area contributed by atoms with Crippen molar-refractivity contribution in [3.05, 3.63) is 56.7 Å². The van der Waals surface area contributed by atoms with Gasteiger partial charge in [0.2, 0.25) is 0 Å². The predicted octanol–water partition coefficient (Wildman–Crippen LogP) is 3.04. The monoisotopic (exact) mass is 472 g/mol. The van der Waals surface area contributed by atoms with Crippen molar-refractivity contribution in [3.8, 4) is 0 Å². The largest absolute Gasteiger partial charge is 0.455 e. The summed E-state index contributed by atoms with van der Waals surface area (Å²) in [5, 5.41) is 0. The lowest BCUT2D eigenvalue weighted by Gasteiger charge is -2.25. The molecule has 0 radical (unpaired) electrons. The number of H-pyrrole nitrogens is 1. The third-order valence-electron chi connectivity index (χ3n) is 5.93. The van der Waals surface area contributed by atoms with Crippen molar-refractivity contribution in [2.45, 2.75) is 65.8 Å². The van der Waals surface area contributed by atoms with Crippen LogP contribution >= 0.6 is 0 Å². The molecule has 0 aliphatic heterocycles. The van der Waals surface area contributed by atoms with Gasteiger partial charge in [0.05, 0.1) is 5.92 Å². The molecule has 1 heterocycles. The van der Waals surface area contributed by atoms with Crippen molar-refractivity contribution in [1.29, 1.82) is 0 Å². The molecule has 1 amide bonds. The minimum atomic E-state index is -0.743. The van der Waals surface area contributed by atoms with Crippen molar-refractivity contribution in [2.24, 2.45) is 5.92 Å². The van der Waals surface area contributed by atoms with Gasteiger partial charge in [-0.15, -0.1) is 0 Å². The zero-order valence-corrected chi connectivity index (χ0v) is 20.5. The first-order chi connectivity index (χ1) is 16.3. The number of benzene rings is 1. The molecule has 0 aliphatic rings. The van der Waals surface area contributed by atoms with E-state index in [0.29, 0.717) is 19.4 Å². The molecule has 2 unspecified atom stereocenters. The van der Waals surface area contributed by atoms with Gasteiger partial charge in [0.15, 0.2) is 12.3 Å². The molecular weight excluding hydrogens is 436 g/mol. The van der Waals surface area contributed by atoms with Gasteiger partial charge in [-0.25, -0.2) is 4.79 Å². The summed E-state index contributed by atoms with van der Waals surface area (Å²) in [5.41, 5.74) is 5.52. The average Bonchev–Trinajstić information content (AvgIpc) is 2.82. The average molecular weight is 473 g/mol. The van der Waals surface area contributed by atoms with Crippen LogP contribution in [0.2, 0.25) is 0 Å². The van der Waals surface area contributed by atoms with Gasteiger partial charge in [-0.1, -0.05) is 70.9 Å². The molecule has 9 heteroatoms. The lowest BCUT2D eigenvalue weighted by atomic mass is 9.86.